The molecule has 0 saturated heterocycles. The van der Waals surface area contributed by atoms with Gasteiger partial charge in [-0.1, -0.05) is 98.9 Å². The molecule has 6 unspecified atom stereocenters. The molecule has 3 aromatic carbocycles. The molecule has 0 spiro atoms. The SMILES string of the molecule is CC(C)N(C(C)C)C1C(N(C(C)C)C(C)C)C1P(c1ccccc1)C1C(N(C(C)C)C(C)C)C1N(C(C)C)C(C)C.CC(C)N(C(C)C)C1C(N(C(C)C)C(C)C)C1P(c1ccccc1)c1ccccc1.FB(F)F.[F-]. The van der Waals surface area contributed by atoms with E-state index in [-0.39, 0.29) is 4.70 Å². The van der Waals surface area contributed by atoms with Gasteiger partial charge in [-0.2, -0.15) is 0 Å². The van der Waals surface area contributed by atoms with Crippen LogP contribution in [0.15, 0.2) is 91.0 Å². The molecular formula is C63H108BF4N6P2-. The van der Waals surface area contributed by atoms with Gasteiger partial charge in [0, 0.05) is 126 Å². The molecule has 3 aromatic rings. The summed E-state index contributed by atoms with van der Waals surface area (Å²) in [6.45, 7) is 57.7. The molecule has 0 bridgehead atoms. The van der Waals surface area contributed by atoms with Crippen LogP contribution >= 0.6 is 15.8 Å². The van der Waals surface area contributed by atoms with Gasteiger partial charge in [-0.05, 0) is 190 Å². The molecule has 3 aliphatic rings. The van der Waals surface area contributed by atoms with Crippen LogP contribution in [0.3, 0.4) is 0 Å². The van der Waals surface area contributed by atoms with E-state index < -0.39 is 23.4 Å². The summed E-state index contributed by atoms with van der Waals surface area (Å²) in [6, 6.07) is 44.5. The summed E-state index contributed by atoms with van der Waals surface area (Å²) in [5.74, 6) is 0. The summed E-state index contributed by atoms with van der Waals surface area (Å²) < 4.78 is 29.0. The Balaban J connectivity index is 0.000000383. The molecular weight excluding hydrogens is 989 g/mol. The van der Waals surface area contributed by atoms with Crippen molar-refractivity contribution in [3.63, 3.8) is 0 Å². The number of halogens is 4. The Labute approximate surface area is 467 Å². The summed E-state index contributed by atoms with van der Waals surface area (Å²) in [6.07, 6.45) is 0. The predicted octanol–water partition coefficient (Wildman–Crippen LogP) is 10.9. The van der Waals surface area contributed by atoms with Crippen LogP contribution in [0.25, 0.3) is 0 Å². The van der Waals surface area contributed by atoms with Crippen molar-refractivity contribution < 1.29 is 17.7 Å². The van der Waals surface area contributed by atoms with Crippen molar-refractivity contribution in [2.24, 2.45) is 0 Å². The minimum atomic E-state index is -3.67. The molecule has 76 heavy (non-hydrogen) atoms. The molecule has 3 saturated carbocycles. The van der Waals surface area contributed by atoms with Crippen molar-refractivity contribution in [1.29, 1.82) is 0 Å². The van der Waals surface area contributed by atoms with Gasteiger partial charge in [0.2, 0.25) is 0 Å². The molecule has 0 aromatic heterocycles. The minimum absolute atomic E-state index is 0. The quantitative estimate of drug-likeness (QED) is 0.0502. The van der Waals surface area contributed by atoms with Gasteiger partial charge in [0.15, 0.2) is 0 Å². The fourth-order valence-electron chi connectivity index (χ4n) is 14.4. The van der Waals surface area contributed by atoms with E-state index in [9.17, 15) is 12.9 Å². The van der Waals surface area contributed by atoms with E-state index in [1.807, 2.05) is 0 Å². The number of nitrogens with zero attached hydrogens (tertiary/aromatic N) is 6. The average Bonchev–Trinajstić information content (AvgIpc) is 4.25. The van der Waals surface area contributed by atoms with Crippen LogP contribution in [-0.4, -0.2) is 163 Å². The zero-order valence-corrected chi connectivity index (χ0v) is 53.7. The van der Waals surface area contributed by atoms with Gasteiger partial charge in [0.25, 0.3) is 0 Å². The number of hydrogen-bond acceptors (Lipinski definition) is 6. The Morgan fingerprint density at radius 2 is 0.447 bits per heavy atom. The summed E-state index contributed by atoms with van der Waals surface area (Å²) in [5, 5.41) is 4.64. The molecule has 432 valence electrons. The van der Waals surface area contributed by atoms with E-state index in [0.717, 1.165) is 0 Å². The molecule has 3 aliphatic carbocycles. The first-order valence-electron chi connectivity index (χ1n) is 29.3. The first-order valence-corrected chi connectivity index (χ1v) is 32.2. The maximum absolute atomic E-state index is 9.67. The van der Waals surface area contributed by atoms with E-state index in [1.165, 1.54) is 10.6 Å². The Kier molecular flexibility index (Phi) is 27.2. The first kappa shape index (κ1) is 68.3. The summed E-state index contributed by atoms with van der Waals surface area (Å²) in [7, 11) is -4.49. The van der Waals surface area contributed by atoms with Crippen LogP contribution in [0.5, 0.6) is 0 Å². The van der Waals surface area contributed by atoms with E-state index in [2.05, 4.69) is 287 Å². The molecule has 3 fully saturated rings. The van der Waals surface area contributed by atoms with Crippen molar-refractivity contribution in [3.8, 4) is 0 Å². The number of rotatable bonds is 24. The third-order valence-electron chi connectivity index (χ3n) is 16.0. The highest BCUT2D eigenvalue weighted by molar-refractivity contribution is 7.74. The Morgan fingerprint density at radius 1 is 0.289 bits per heavy atom. The lowest BCUT2D eigenvalue weighted by Gasteiger charge is -2.35. The van der Waals surface area contributed by atoms with Crippen LogP contribution in [0.4, 0.5) is 12.9 Å². The van der Waals surface area contributed by atoms with Gasteiger partial charge >= 0.3 is 7.54 Å². The zero-order valence-electron chi connectivity index (χ0n) is 52.0. The van der Waals surface area contributed by atoms with Crippen LogP contribution in [-0.2, 0) is 0 Å². The Bertz CT molecular complexity index is 1840. The Hall–Kier alpha value is -1.94. The lowest BCUT2D eigenvalue weighted by atomic mass is 10.2. The second-order valence-electron chi connectivity index (χ2n) is 25.3. The second kappa shape index (κ2) is 30.2. The monoisotopic (exact) mass is 1100 g/mol. The standard InChI is InChI=1S/C36H67N4P.C27H41N2P.BF3.FH/c1-22(2)37(23(3)4)31-32(38(24(5)6)25(7)8)35(31)41(30-20-18-17-19-21-30)36-33(39(26(9)10)27(11)12)34(36)40(28(13)14)29(15)16;1-19(2)28(20(3)4)25-26(29(21(5)6)22(7)8)27(25)30(23-15-11-9-12-16-23)24-17-13-10-14-18-24;2-1(3)4;/h17-29,31-36H,1-16H3;9-22,25-27H,1-8H3;;1H/p-1. The number of hydrogen-bond donors (Lipinski definition) is 0. The third kappa shape index (κ3) is 16.6. The van der Waals surface area contributed by atoms with Gasteiger partial charge in [0.1, 0.15) is 0 Å². The van der Waals surface area contributed by atoms with Crippen molar-refractivity contribution in [1.82, 2.24) is 29.4 Å². The summed E-state index contributed by atoms with van der Waals surface area (Å²) in [5.41, 5.74) is 2.02. The lowest BCUT2D eigenvalue weighted by Crippen LogP contribution is -3.00. The van der Waals surface area contributed by atoms with Crippen LogP contribution in [0, 0.1) is 0 Å². The maximum atomic E-state index is 9.67. The van der Waals surface area contributed by atoms with E-state index in [0.29, 0.717) is 126 Å². The second-order valence-corrected chi connectivity index (χ2v) is 30.1. The largest absolute Gasteiger partial charge is 1.00 e. The van der Waals surface area contributed by atoms with Gasteiger partial charge in [-0.25, -0.2) is 0 Å². The van der Waals surface area contributed by atoms with Gasteiger partial charge in [-0.15, -0.1) is 0 Å². The van der Waals surface area contributed by atoms with E-state index in [4.69, 9.17) is 0 Å². The van der Waals surface area contributed by atoms with E-state index in [1.54, 1.807) is 5.30 Å². The molecule has 13 heteroatoms. The molecule has 0 heterocycles. The normalized spacial score (nSPS) is 23.8. The molecule has 6 rings (SSSR count). The molecule has 0 radical (unpaired) electrons. The predicted molar refractivity (Wildman–Crippen MR) is 328 cm³/mol. The smallest absolute Gasteiger partial charge is 0.762 e. The first-order chi connectivity index (χ1) is 35.0. The van der Waals surface area contributed by atoms with Crippen molar-refractivity contribution in [3.05, 3.63) is 91.0 Å². The van der Waals surface area contributed by atoms with Crippen LogP contribution in [0.2, 0.25) is 0 Å². The number of benzene rings is 3. The fourth-order valence-corrected chi connectivity index (χ4v) is 21.6. The van der Waals surface area contributed by atoms with E-state index >= 15 is 0 Å². The van der Waals surface area contributed by atoms with Crippen LogP contribution in [0.1, 0.15) is 166 Å². The maximum Gasteiger partial charge on any atom is 0.762 e. The summed E-state index contributed by atoms with van der Waals surface area (Å²) >= 11 is 0. The Morgan fingerprint density at radius 3 is 0.618 bits per heavy atom. The molecule has 0 N–H and O–H groups in total. The van der Waals surface area contributed by atoms with Crippen molar-refractivity contribution in [2.75, 3.05) is 0 Å². The zero-order chi connectivity index (χ0) is 56.7. The third-order valence-corrected chi connectivity index (χ3v) is 22.3. The van der Waals surface area contributed by atoms with Crippen molar-refractivity contribution in [2.45, 2.75) is 292 Å². The van der Waals surface area contributed by atoms with Crippen molar-refractivity contribution >= 4 is 39.3 Å². The van der Waals surface area contributed by atoms with Gasteiger partial charge in [-0.3, -0.25) is 42.3 Å². The highest BCUT2D eigenvalue weighted by atomic mass is 31.1. The van der Waals surface area contributed by atoms with Gasteiger partial charge in [0.05, 0.1) is 0 Å². The molecule has 6 atom stereocenters. The summed E-state index contributed by atoms with van der Waals surface area (Å²) in [4.78, 5) is 17.1. The average molecular weight is 1100 g/mol. The lowest BCUT2D eigenvalue weighted by molar-refractivity contribution is -0.0000227. The highest BCUT2D eigenvalue weighted by Crippen LogP contribution is 2.68. The molecule has 0 aliphatic heterocycles. The topological polar surface area (TPSA) is 19.4 Å². The van der Waals surface area contributed by atoms with Gasteiger partial charge < -0.3 is 4.70 Å². The minimum Gasteiger partial charge on any atom is -1.00 e. The molecule has 6 nitrogen and oxygen atoms in total. The fraction of sp³-hybridized carbons (Fsp3) is 0.714. The highest BCUT2D eigenvalue weighted by Gasteiger charge is 2.70. The molecule has 0 amide bonds. The van der Waals surface area contributed by atoms with Crippen LogP contribution < -0.4 is 20.6 Å².